The summed E-state index contributed by atoms with van der Waals surface area (Å²) >= 11 is 0. The molecule has 6 heteroatoms. The molecule has 0 bridgehead atoms. The minimum Gasteiger partial charge on any atom is -0.495 e. The van der Waals surface area contributed by atoms with Gasteiger partial charge in [-0.25, -0.2) is 13.8 Å². The van der Waals surface area contributed by atoms with Crippen molar-refractivity contribution in [1.82, 2.24) is 0 Å². The maximum atomic E-state index is 13.4. The Morgan fingerprint density at radius 2 is 2.00 bits per heavy atom. The van der Waals surface area contributed by atoms with Crippen molar-refractivity contribution in [3.8, 4) is 5.75 Å². The molecule has 2 rings (SSSR count). The fourth-order valence-electron chi connectivity index (χ4n) is 1.76. The number of hydrogen-bond acceptors (Lipinski definition) is 2. The summed E-state index contributed by atoms with van der Waals surface area (Å²) in [7, 11) is 1.54. The molecule has 4 nitrogen and oxygen atoms in total. The van der Waals surface area contributed by atoms with Gasteiger partial charge in [-0.3, -0.25) is 0 Å². The number of ether oxygens (including phenoxy) is 1. The fourth-order valence-corrected chi connectivity index (χ4v) is 1.76. The average molecular weight is 291 g/mol. The molecule has 0 saturated carbocycles. The van der Waals surface area contributed by atoms with Crippen LogP contribution in [-0.4, -0.2) is 13.1 Å². The van der Waals surface area contributed by atoms with Gasteiger partial charge in [-0.2, -0.15) is 0 Å². The highest BCUT2D eigenvalue weighted by atomic mass is 19.1. The first-order valence-electron chi connectivity index (χ1n) is 6.24. The van der Waals surface area contributed by atoms with Crippen LogP contribution in [0.1, 0.15) is 5.56 Å². The van der Waals surface area contributed by atoms with E-state index in [0.717, 1.165) is 18.2 Å². The number of rotatable bonds is 4. The van der Waals surface area contributed by atoms with Crippen molar-refractivity contribution in [2.75, 3.05) is 12.4 Å². The van der Waals surface area contributed by atoms with E-state index in [2.05, 4.69) is 10.3 Å². The Bertz CT molecular complexity index is 659. The molecule has 0 aliphatic heterocycles. The van der Waals surface area contributed by atoms with Crippen LogP contribution in [0.2, 0.25) is 0 Å². The molecule has 0 amide bonds. The molecule has 0 aliphatic rings. The standard InChI is InChI=1S/C15H15F2N3O/c1-21-14-5-3-2-4-13(14)20-15(18)19-9-10-8-11(16)6-7-12(10)17/h2-8H,9H2,1H3,(H3,18,19,20). The van der Waals surface area contributed by atoms with Crippen LogP contribution in [0.15, 0.2) is 47.5 Å². The number of nitrogens with one attached hydrogen (secondary N) is 1. The quantitative estimate of drug-likeness (QED) is 0.672. The molecule has 0 fully saturated rings. The Balaban J connectivity index is 2.09. The van der Waals surface area contributed by atoms with Crippen LogP contribution in [0.3, 0.4) is 0 Å². The number of para-hydroxylation sites is 2. The molecule has 0 heterocycles. The van der Waals surface area contributed by atoms with Crippen LogP contribution in [0.5, 0.6) is 5.75 Å². The number of guanidine groups is 1. The molecular formula is C15H15F2N3O. The third kappa shape index (κ3) is 3.92. The number of halogens is 2. The molecule has 0 radical (unpaired) electrons. The third-order valence-corrected chi connectivity index (χ3v) is 2.80. The SMILES string of the molecule is COc1ccccc1NC(N)=NCc1cc(F)ccc1F. The van der Waals surface area contributed by atoms with Crippen molar-refractivity contribution in [2.45, 2.75) is 6.54 Å². The van der Waals surface area contributed by atoms with E-state index in [0.29, 0.717) is 11.4 Å². The van der Waals surface area contributed by atoms with E-state index < -0.39 is 11.6 Å². The summed E-state index contributed by atoms with van der Waals surface area (Å²) in [6.07, 6.45) is 0. The molecule has 0 unspecified atom stereocenters. The normalized spacial score (nSPS) is 11.3. The van der Waals surface area contributed by atoms with Gasteiger partial charge in [0.2, 0.25) is 0 Å². The number of anilines is 1. The van der Waals surface area contributed by atoms with Gasteiger partial charge in [-0.05, 0) is 30.3 Å². The first-order valence-corrected chi connectivity index (χ1v) is 6.24. The Morgan fingerprint density at radius 1 is 1.24 bits per heavy atom. The summed E-state index contributed by atoms with van der Waals surface area (Å²) < 4.78 is 31.6. The van der Waals surface area contributed by atoms with Gasteiger partial charge in [-0.15, -0.1) is 0 Å². The van der Waals surface area contributed by atoms with Crippen molar-refractivity contribution < 1.29 is 13.5 Å². The van der Waals surface area contributed by atoms with Crippen LogP contribution in [0.4, 0.5) is 14.5 Å². The van der Waals surface area contributed by atoms with E-state index in [1.807, 2.05) is 12.1 Å². The Hall–Kier alpha value is -2.63. The maximum absolute atomic E-state index is 13.4. The van der Waals surface area contributed by atoms with Gasteiger partial charge in [0.05, 0.1) is 19.3 Å². The number of benzene rings is 2. The molecule has 0 aromatic heterocycles. The Labute approximate surface area is 121 Å². The first kappa shape index (κ1) is 14.8. The van der Waals surface area contributed by atoms with Gasteiger partial charge in [0, 0.05) is 5.56 Å². The molecule has 2 aromatic carbocycles. The van der Waals surface area contributed by atoms with Crippen molar-refractivity contribution >= 4 is 11.6 Å². The smallest absolute Gasteiger partial charge is 0.193 e. The summed E-state index contributed by atoms with van der Waals surface area (Å²) in [4.78, 5) is 3.99. The van der Waals surface area contributed by atoms with E-state index in [9.17, 15) is 8.78 Å². The van der Waals surface area contributed by atoms with Crippen LogP contribution >= 0.6 is 0 Å². The second kappa shape index (κ2) is 6.69. The average Bonchev–Trinajstić information content (AvgIpc) is 2.49. The summed E-state index contributed by atoms with van der Waals surface area (Å²) in [5.74, 6) is -0.348. The van der Waals surface area contributed by atoms with Gasteiger partial charge < -0.3 is 15.8 Å². The largest absolute Gasteiger partial charge is 0.495 e. The molecule has 3 N–H and O–H groups in total. The third-order valence-electron chi connectivity index (χ3n) is 2.80. The van der Waals surface area contributed by atoms with Gasteiger partial charge in [0.1, 0.15) is 17.4 Å². The van der Waals surface area contributed by atoms with E-state index in [1.54, 1.807) is 12.1 Å². The monoisotopic (exact) mass is 291 g/mol. The number of hydrogen-bond donors (Lipinski definition) is 2. The predicted octanol–water partition coefficient (Wildman–Crippen LogP) is 2.90. The molecule has 0 atom stereocenters. The number of methoxy groups -OCH3 is 1. The highest BCUT2D eigenvalue weighted by Crippen LogP contribution is 2.22. The fraction of sp³-hybridized carbons (Fsp3) is 0.133. The van der Waals surface area contributed by atoms with E-state index >= 15 is 0 Å². The summed E-state index contributed by atoms with van der Waals surface area (Å²) in [5, 5.41) is 2.85. The lowest BCUT2D eigenvalue weighted by Gasteiger charge is -2.10. The zero-order valence-corrected chi connectivity index (χ0v) is 11.4. The molecule has 0 spiro atoms. The summed E-state index contributed by atoms with van der Waals surface area (Å²) in [5.41, 5.74) is 6.51. The zero-order chi connectivity index (χ0) is 15.2. The van der Waals surface area contributed by atoms with Gasteiger partial charge in [-0.1, -0.05) is 12.1 Å². The topological polar surface area (TPSA) is 59.6 Å². The van der Waals surface area contributed by atoms with Gasteiger partial charge in [0.15, 0.2) is 5.96 Å². The van der Waals surface area contributed by atoms with E-state index in [1.165, 1.54) is 7.11 Å². The van der Waals surface area contributed by atoms with Crippen molar-refractivity contribution in [1.29, 1.82) is 0 Å². The second-order valence-electron chi connectivity index (χ2n) is 4.26. The number of aliphatic imine (C=N–C) groups is 1. The Morgan fingerprint density at radius 3 is 2.76 bits per heavy atom. The molecule has 110 valence electrons. The minimum atomic E-state index is -0.523. The van der Waals surface area contributed by atoms with Crippen LogP contribution in [-0.2, 0) is 6.54 Å². The maximum Gasteiger partial charge on any atom is 0.193 e. The van der Waals surface area contributed by atoms with Crippen molar-refractivity contribution in [2.24, 2.45) is 10.7 Å². The lowest BCUT2D eigenvalue weighted by molar-refractivity contribution is 0.417. The van der Waals surface area contributed by atoms with Crippen molar-refractivity contribution in [3.63, 3.8) is 0 Å². The zero-order valence-electron chi connectivity index (χ0n) is 11.4. The lowest BCUT2D eigenvalue weighted by Crippen LogP contribution is -2.23. The highest BCUT2D eigenvalue weighted by molar-refractivity contribution is 5.93. The van der Waals surface area contributed by atoms with Crippen LogP contribution in [0.25, 0.3) is 0 Å². The summed E-state index contributed by atoms with van der Waals surface area (Å²) in [6, 6.07) is 10.4. The molecule has 2 aromatic rings. The van der Waals surface area contributed by atoms with Gasteiger partial charge >= 0.3 is 0 Å². The summed E-state index contributed by atoms with van der Waals surface area (Å²) in [6.45, 7) is -0.0580. The lowest BCUT2D eigenvalue weighted by atomic mass is 10.2. The predicted molar refractivity (Wildman–Crippen MR) is 78.3 cm³/mol. The van der Waals surface area contributed by atoms with Gasteiger partial charge in [0.25, 0.3) is 0 Å². The number of nitrogens with zero attached hydrogens (tertiary/aromatic N) is 1. The van der Waals surface area contributed by atoms with Crippen LogP contribution in [0, 0.1) is 11.6 Å². The van der Waals surface area contributed by atoms with Crippen LogP contribution < -0.4 is 15.8 Å². The molecular weight excluding hydrogens is 276 g/mol. The molecule has 0 saturated heterocycles. The first-order chi connectivity index (χ1) is 10.1. The number of nitrogens with two attached hydrogens (primary N) is 1. The van der Waals surface area contributed by atoms with E-state index in [-0.39, 0.29) is 18.1 Å². The van der Waals surface area contributed by atoms with Crippen molar-refractivity contribution in [3.05, 3.63) is 59.7 Å². The van der Waals surface area contributed by atoms with E-state index in [4.69, 9.17) is 10.5 Å². The Kier molecular flexibility index (Phi) is 4.71. The second-order valence-corrected chi connectivity index (χ2v) is 4.26. The molecule has 21 heavy (non-hydrogen) atoms. The minimum absolute atomic E-state index is 0.0580. The molecule has 0 aliphatic carbocycles. The highest BCUT2D eigenvalue weighted by Gasteiger charge is 2.05.